The van der Waals surface area contributed by atoms with Gasteiger partial charge in [0.25, 0.3) is 5.56 Å². The van der Waals surface area contributed by atoms with E-state index in [1.807, 2.05) is 0 Å². The van der Waals surface area contributed by atoms with Crippen molar-refractivity contribution < 1.29 is 51.4 Å². The van der Waals surface area contributed by atoms with Gasteiger partial charge in [0.15, 0.2) is 5.65 Å². The average molecular weight is 219 g/mol. The molecule has 0 aliphatic carbocycles. The number of aromatic nitrogens is 4. The molecule has 7 heteroatoms. The predicted molar refractivity (Wildman–Crippen MR) is 46.6 cm³/mol. The van der Waals surface area contributed by atoms with E-state index in [-0.39, 0.29) is 62.6 Å². The Labute approximate surface area is 121 Å². The molecule has 2 aromatic heterocycles. The fourth-order valence-electron chi connectivity index (χ4n) is 1.27. The first-order valence-corrected chi connectivity index (χ1v) is 3.72. The summed E-state index contributed by atoms with van der Waals surface area (Å²) in [6.07, 6.45) is 1.39. The Hall–Kier alpha value is -0.214. The van der Waals surface area contributed by atoms with Crippen LogP contribution < -0.4 is 62.6 Å². The van der Waals surface area contributed by atoms with Crippen LogP contribution in [0.15, 0.2) is 15.9 Å². The molecule has 0 aliphatic heterocycles. The minimum atomic E-state index is -0.371. The molecule has 0 radical (unpaired) electrons. The number of nitrogens with zero attached hydrogens (tertiary/aromatic N) is 3. The number of aromatic amines is 1. The van der Waals surface area contributed by atoms with Crippen molar-refractivity contribution in [3.05, 3.63) is 27.2 Å². The monoisotopic (exact) mass is 219 g/mol. The summed E-state index contributed by atoms with van der Waals surface area (Å²) in [5.41, 5.74) is 0.0119. The van der Waals surface area contributed by atoms with Crippen LogP contribution in [0.25, 0.3) is 11.2 Å². The fourth-order valence-corrected chi connectivity index (χ4v) is 1.27. The number of imidazole rings is 1. The summed E-state index contributed by atoms with van der Waals surface area (Å²) in [5.74, 6) is 0. The zero-order valence-electron chi connectivity index (χ0n) is 8.24. The van der Waals surface area contributed by atoms with Gasteiger partial charge in [-0.05, 0) is 0 Å². The van der Waals surface area contributed by atoms with Gasteiger partial charge in [0.1, 0.15) is 5.52 Å². The molecular weight excluding hydrogens is 211 g/mol. The molecule has 0 aliphatic rings. The number of hydrogen-bond acceptors (Lipinski definition) is 3. The van der Waals surface area contributed by atoms with Crippen molar-refractivity contribution in [2.24, 2.45) is 14.1 Å². The number of fused-ring (bicyclic) bond motifs is 1. The zero-order chi connectivity index (χ0) is 9.59. The maximum absolute atomic E-state index is 11.4. The van der Waals surface area contributed by atoms with Crippen LogP contribution in [0.3, 0.4) is 0 Å². The van der Waals surface area contributed by atoms with E-state index in [0.29, 0.717) is 11.2 Å². The normalized spacial score (nSPS) is 10.1. The first-order chi connectivity index (χ1) is 6.13. The van der Waals surface area contributed by atoms with Crippen LogP contribution in [0.1, 0.15) is 0 Å². The van der Waals surface area contributed by atoms with Gasteiger partial charge in [-0.15, -0.1) is 0 Å². The van der Waals surface area contributed by atoms with Crippen molar-refractivity contribution in [1.82, 2.24) is 19.1 Å². The SMILES string of the molecule is Cn1c(=O)c2[nH]cnc2n(C)c1=O.[K+]. The number of rotatable bonds is 0. The summed E-state index contributed by atoms with van der Waals surface area (Å²) in [7, 11) is 3.01. The summed E-state index contributed by atoms with van der Waals surface area (Å²) in [4.78, 5) is 29.4. The summed E-state index contributed by atoms with van der Waals surface area (Å²) in [6, 6.07) is 0. The molecule has 2 rings (SSSR count). The molecule has 0 saturated carbocycles. The van der Waals surface area contributed by atoms with Crippen molar-refractivity contribution in [2.75, 3.05) is 0 Å². The Balaban J connectivity index is 0.000000980. The Kier molecular flexibility index (Phi) is 3.48. The van der Waals surface area contributed by atoms with Crippen LogP contribution >= 0.6 is 0 Å². The standard InChI is InChI=1S/C7H8N4O2.K/c1-10-5-4(8-3-9-5)6(12)11(2)7(10)13;/h3H,1-2H3,(H,8,9);/q;+1. The third kappa shape index (κ3) is 1.55. The van der Waals surface area contributed by atoms with Gasteiger partial charge < -0.3 is 4.98 Å². The average Bonchev–Trinajstić information content (AvgIpc) is 2.59. The Morgan fingerprint density at radius 2 is 1.93 bits per heavy atom. The molecule has 0 fully saturated rings. The molecule has 6 nitrogen and oxygen atoms in total. The van der Waals surface area contributed by atoms with Crippen molar-refractivity contribution in [3.8, 4) is 0 Å². The smallest absolute Gasteiger partial charge is 0.339 e. The molecule has 0 saturated heterocycles. The Morgan fingerprint density at radius 3 is 2.57 bits per heavy atom. The molecule has 0 bridgehead atoms. The molecule has 0 amide bonds. The van der Waals surface area contributed by atoms with Gasteiger partial charge in [-0.1, -0.05) is 0 Å². The van der Waals surface area contributed by atoms with Crippen LogP contribution in [0.5, 0.6) is 0 Å². The van der Waals surface area contributed by atoms with E-state index in [1.165, 1.54) is 17.9 Å². The van der Waals surface area contributed by atoms with Crippen LogP contribution in [0.2, 0.25) is 0 Å². The summed E-state index contributed by atoms with van der Waals surface area (Å²) >= 11 is 0. The molecule has 14 heavy (non-hydrogen) atoms. The maximum atomic E-state index is 11.4. The molecule has 0 unspecified atom stereocenters. The molecule has 2 aromatic rings. The van der Waals surface area contributed by atoms with Gasteiger partial charge in [-0.25, -0.2) is 9.78 Å². The second kappa shape index (κ2) is 4.11. The minimum absolute atomic E-state index is 0. The van der Waals surface area contributed by atoms with Gasteiger partial charge in [0.2, 0.25) is 0 Å². The number of H-pyrrole nitrogens is 1. The van der Waals surface area contributed by atoms with Crippen molar-refractivity contribution in [2.45, 2.75) is 0 Å². The van der Waals surface area contributed by atoms with Crippen molar-refractivity contribution >= 4 is 11.2 Å². The molecule has 68 valence electrons. The maximum Gasteiger partial charge on any atom is 1.00 e. The van der Waals surface area contributed by atoms with Crippen LogP contribution in [0, 0.1) is 0 Å². The fraction of sp³-hybridized carbons (Fsp3) is 0.286. The van der Waals surface area contributed by atoms with Gasteiger partial charge >= 0.3 is 57.1 Å². The van der Waals surface area contributed by atoms with E-state index in [2.05, 4.69) is 9.97 Å². The second-order valence-electron chi connectivity index (χ2n) is 2.81. The first-order valence-electron chi connectivity index (χ1n) is 3.72. The van der Waals surface area contributed by atoms with Crippen molar-refractivity contribution in [1.29, 1.82) is 0 Å². The molecule has 0 aromatic carbocycles. The quantitative estimate of drug-likeness (QED) is 0.459. The van der Waals surface area contributed by atoms with Crippen LogP contribution in [-0.4, -0.2) is 19.1 Å². The number of aryl methyl sites for hydroxylation is 1. The number of nitrogens with one attached hydrogen (secondary N) is 1. The van der Waals surface area contributed by atoms with Crippen LogP contribution in [-0.2, 0) is 14.1 Å². The topological polar surface area (TPSA) is 72.7 Å². The van der Waals surface area contributed by atoms with E-state index >= 15 is 0 Å². The third-order valence-electron chi connectivity index (χ3n) is 2.03. The van der Waals surface area contributed by atoms with Gasteiger partial charge in [0.05, 0.1) is 6.33 Å². The molecular formula is C7H8KN4O2+. The summed E-state index contributed by atoms with van der Waals surface area (Å²) in [5, 5.41) is 0. The van der Waals surface area contributed by atoms with Gasteiger partial charge in [-0.3, -0.25) is 13.9 Å². The first kappa shape index (κ1) is 11.9. The van der Waals surface area contributed by atoms with Crippen LogP contribution in [0.4, 0.5) is 0 Å². The molecule has 2 heterocycles. The molecule has 1 N–H and O–H groups in total. The van der Waals surface area contributed by atoms with Crippen molar-refractivity contribution in [3.63, 3.8) is 0 Å². The van der Waals surface area contributed by atoms with Gasteiger partial charge in [-0.2, -0.15) is 0 Å². The minimum Gasteiger partial charge on any atom is -0.339 e. The zero-order valence-corrected chi connectivity index (χ0v) is 11.4. The van der Waals surface area contributed by atoms with E-state index < -0.39 is 0 Å². The second-order valence-corrected chi connectivity index (χ2v) is 2.81. The Morgan fingerprint density at radius 1 is 1.29 bits per heavy atom. The Bertz CT molecular complexity index is 579. The van der Waals surface area contributed by atoms with Gasteiger partial charge in [0, 0.05) is 14.1 Å². The van der Waals surface area contributed by atoms with E-state index in [1.54, 1.807) is 7.05 Å². The number of hydrogen-bond donors (Lipinski definition) is 1. The van der Waals surface area contributed by atoms with E-state index in [4.69, 9.17) is 0 Å². The molecule has 0 atom stereocenters. The van der Waals surface area contributed by atoms with E-state index in [9.17, 15) is 9.59 Å². The summed E-state index contributed by atoms with van der Waals surface area (Å²) < 4.78 is 2.37. The van der Waals surface area contributed by atoms with E-state index in [0.717, 1.165) is 4.57 Å². The largest absolute Gasteiger partial charge is 1.00 e. The summed E-state index contributed by atoms with van der Waals surface area (Å²) in [6.45, 7) is 0. The third-order valence-corrected chi connectivity index (χ3v) is 2.03. The predicted octanol–water partition coefficient (Wildman–Crippen LogP) is -4.04. The molecule has 0 spiro atoms.